The molecule has 0 spiro atoms. The molecule has 6 nitrogen and oxygen atoms in total. The minimum Gasteiger partial charge on any atom is -0.377 e. The standard InChI is InChI=1S/C12H23N5O/c1-13-10(9-11-14-16-17(2)15-11)12(18-3)7-5-4-6-8-12/h10,13H,4-9H2,1-3H3. The van der Waals surface area contributed by atoms with Gasteiger partial charge >= 0.3 is 0 Å². The van der Waals surface area contributed by atoms with Crippen molar-refractivity contribution in [3.8, 4) is 0 Å². The van der Waals surface area contributed by atoms with Crippen molar-refractivity contribution in [1.82, 2.24) is 25.5 Å². The molecule has 1 aliphatic rings. The molecule has 1 aromatic heterocycles. The van der Waals surface area contributed by atoms with Crippen LogP contribution >= 0.6 is 0 Å². The number of hydrogen-bond acceptors (Lipinski definition) is 5. The normalized spacial score (nSPS) is 20.8. The second-order valence-electron chi connectivity index (χ2n) is 5.07. The van der Waals surface area contributed by atoms with Crippen LogP contribution in [0.2, 0.25) is 0 Å². The molecular weight excluding hydrogens is 230 g/mol. The molecule has 0 radical (unpaired) electrons. The van der Waals surface area contributed by atoms with Gasteiger partial charge in [0.05, 0.1) is 12.6 Å². The van der Waals surface area contributed by atoms with Gasteiger partial charge in [-0.3, -0.25) is 0 Å². The van der Waals surface area contributed by atoms with Crippen LogP contribution < -0.4 is 5.32 Å². The summed E-state index contributed by atoms with van der Waals surface area (Å²) in [6, 6.07) is 0.243. The Bertz CT molecular complexity index is 372. The quantitative estimate of drug-likeness (QED) is 0.836. The van der Waals surface area contributed by atoms with Crippen LogP contribution in [-0.2, 0) is 18.2 Å². The van der Waals surface area contributed by atoms with Gasteiger partial charge in [0.25, 0.3) is 0 Å². The maximum Gasteiger partial charge on any atom is 0.176 e. The lowest BCUT2D eigenvalue weighted by atomic mass is 9.78. The lowest BCUT2D eigenvalue weighted by Crippen LogP contribution is -2.53. The molecular formula is C12H23N5O. The van der Waals surface area contributed by atoms with Crippen molar-refractivity contribution in [2.75, 3.05) is 14.2 Å². The molecule has 0 amide bonds. The van der Waals surface area contributed by atoms with Crippen molar-refractivity contribution < 1.29 is 4.74 Å². The van der Waals surface area contributed by atoms with Crippen molar-refractivity contribution in [3.63, 3.8) is 0 Å². The Balaban J connectivity index is 2.10. The number of nitrogens with zero attached hydrogens (tertiary/aromatic N) is 4. The van der Waals surface area contributed by atoms with Crippen LogP contribution in [0.5, 0.6) is 0 Å². The van der Waals surface area contributed by atoms with Crippen LogP contribution in [0.4, 0.5) is 0 Å². The third kappa shape index (κ3) is 2.70. The Morgan fingerprint density at radius 2 is 2.11 bits per heavy atom. The van der Waals surface area contributed by atoms with E-state index in [0.29, 0.717) is 0 Å². The summed E-state index contributed by atoms with van der Waals surface area (Å²) in [5.41, 5.74) is -0.0772. The highest BCUT2D eigenvalue weighted by atomic mass is 16.5. The number of methoxy groups -OCH3 is 1. The first-order valence-electron chi connectivity index (χ1n) is 6.65. The van der Waals surface area contributed by atoms with Crippen LogP contribution in [-0.4, -0.2) is 46.0 Å². The Morgan fingerprint density at radius 3 is 2.61 bits per heavy atom. The van der Waals surface area contributed by atoms with Gasteiger partial charge in [0.15, 0.2) is 5.82 Å². The number of nitrogens with one attached hydrogen (secondary N) is 1. The molecule has 2 rings (SSSR count). The first kappa shape index (κ1) is 13.4. The molecule has 1 unspecified atom stereocenters. The van der Waals surface area contributed by atoms with Gasteiger partial charge in [-0.1, -0.05) is 19.3 Å². The monoisotopic (exact) mass is 253 g/mol. The van der Waals surface area contributed by atoms with E-state index in [1.165, 1.54) is 24.1 Å². The second-order valence-corrected chi connectivity index (χ2v) is 5.07. The second kappa shape index (κ2) is 5.75. The van der Waals surface area contributed by atoms with Crippen molar-refractivity contribution >= 4 is 0 Å². The highest BCUT2D eigenvalue weighted by molar-refractivity contribution is 4.99. The third-order valence-electron chi connectivity index (χ3n) is 4.03. The minimum absolute atomic E-state index is 0.0772. The Morgan fingerprint density at radius 1 is 1.39 bits per heavy atom. The van der Waals surface area contributed by atoms with Crippen LogP contribution in [0.3, 0.4) is 0 Å². The lowest BCUT2D eigenvalue weighted by molar-refractivity contribution is -0.0661. The molecule has 0 aliphatic heterocycles. The van der Waals surface area contributed by atoms with E-state index in [-0.39, 0.29) is 11.6 Å². The van der Waals surface area contributed by atoms with Gasteiger partial charge in [0, 0.05) is 19.6 Å². The molecule has 1 N–H and O–H groups in total. The highest BCUT2D eigenvalue weighted by Gasteiger charge is 2.39. The summed E-state index contributed by atoms with van der Waals surface area (Å²) in [5, 5.41) is 15.6. The predicted molar refractivity (Wildman–Crippen MR) is 68.2 cm³/mol. The van der Waals surface area contributed by atoms with Crippen LogP contribution in [0.1, 0.15) is 37.9 Å². The number of tetrazole rings is 1. The van der Waals surface area contributed by atoms with E-state index < -0.39 is 0 Å². The van der Waals surface area contributed by atoms with Gasteiger partial charge in [-0.25, -0.2) is 0 Å². The van der Waals surface area contributed by atoms with Gasteiger partial charge in [-0.2, -0.15) is 4.80 Å². The van der Waals surface area contributed by atoms with Crippen molar-refractivity contribution in [2.24, 2.45) is 7.05 Å². The number of ether oxygens (including phenoxy) is 1. The van der Waals surface area contributed by atoms with Gasteiger partial charge < -0.3 is 10.1 Å². The van der Waals surface area contributed by atoms with E-state index >= 15 is 0 Å². The fourth-order valence-electron chi connectivity index (χ4n) is 2.98. The van der Waals surface area contributed by atoms with Crippen molar-refractivity contribution in [2.45, 2.75) is 50.2 Å². The molecule has 1 atom stereocenters. The Kier molecular flexibility index (Phi) is 4.29. The number of hydrogen-bond donors (Lipinski definition) is 1. The molecule has 0 aromatic carbocycles. The predicted octanol–water partition coefficient (Wildman–Crippen LogP) is 0.690. The van der Waals surface area contributed by atoms with Gasteiger partial charge in [0.2, 0.25) is 0 Å². The van der Waals surface area contributed by atoms with E-state index in [9.17, 15) is 0 Å². The number of aromatic nitrogens is 4. The molecule has 0 bridgehead atoms. The lowest BCUT2D eigenvalue weighted by Gasteiger charge is -2.42. The fourth-order valence-corrected chi connectivity index (χ4v) is 2.98. The number of rotatable bonds is 5. The fraction of sp³-hybridized carbons (Fsp3) is 0.917. The van der Waals surface area contributed by atoms with Crippen molar-refractivity contribution in [3.05, 3.63) is 5.82 Å². The SMILES string of the molecule is CNC(Cc1nnn(C)n1)C1(OC)CCCCC1. The minimum atomic E-state index is -0.0772. The van der Waals surface area contributed by atoms with Gasteiger partial charge in [-0.15, -0.1) is 10.2 Å². The third-order valence-corrected chi connectivity index (χ3v) is 4.03. The molecule has 18 heavy (non-hydrogen) atoms. The summed E-state index contributed by atoms with van der Waals surface area (Å²) < 4.78 is 5.87. The topological polar surface area (TPSA) is 64.9 Å². The van der Waals surface area contributed by atoms with E-state index in [2.05, 4.69) is 20.7 Å². The molecule has 102 valence electrons. The van der Waals surface area contributed by atoms with E-state index in [0.717, 1.165) is 25.1 Å². The largest absolute Gasteiger partial charge is 0.377 e. The molecule has 1 aromatic rings. The molecule has 0 saturated heterocycles. The summed E-state index contributed by atoms with van der Waals surface area (Å²) in [6.07, 6.45) is 6.76. The van der Waals surface area contributed by atoms with Crippen LogP contribution in [0.15, 0.2) is 0 Å². The zero-order valence-electron chi connectivity index (χ0n) is 11.5. The molecule has 6 heteroatoms. The highest BCUT2D eigenvalue weighted by Crippen LogP contribution is 2.34. The molecule has 1 fully saturated rings. The summed E-state index contributed by atoms with van der Waals surface area (Å²) in [7, 11) is 5.59. The maximum atomic E-state index is 5.87. The molecule has 1 aliphatic carbocycles. The average Bonchev–Trinajstić information content (AvgIpc) is 2.82. The van der Waals surface area contributed by atoms with Crippen LogP contribution in [0.25, 0.3) is 0 Å². The van der Waals surface area contributed by atoms with Crippen LogP contribution in [0, 0.1) is 0 Å². The molecule has 1 saturated carbocycles. The zero-order valence-corrected chi connectivity index (χ0v) is 11.5. The number of likely N-dealkylation sites (N-methyl/N-ethyl adjacent to an activating group) is 1. The van der Waals surface area contributed by atoms with E-state index in [4.69, 9.17) is 4.74 Å². The zero-order chi connectivity index (χ0) is 13.0. The molecule has 1 heterocycles. The first-order chi connectivity index (χ1) is 8.70. The Labute approximate surface area is 108 Å². The van der Waals surface area contributed by atoms with Crippen molar-refractivity contribution in [1.29, 1.82) is 0 Å². The van der Waals surface area contributed by atoms with Gasteiger partial charge in [0.1, 0.15) is 0 Å². The smallest absolute Gasteiger partial charge is 0.176 e. The van der Waals surface area contributed by atoms with E-state index in [1.54, 1.807) is 7.05 Å². The Hall–Kier alpha value is -1.01. The summed E-state index contributed by atoms with van der Waals surface area (Å²) in [5.74, 6) is 0.777. The first-order valence-corrected chi connectivity index (χ1v) is 6.65. The summed E-state index contributed by atoms with van der Waals surface area (Å²) in [4.78, 5) is 1.50. The maximum absolute atomic E-state index is 5.87. The number of aryl methyl sites for hydroxylation is 1. The average molecular weight is 253 g/mol. The summed E-state index contributed by atoms with van der Waals surface area (Å²) >= 11 is 0. The van der Waals surface area contributed by atoms with Gasteiger partial charge in [-0.05, 0) is 25.1 Å². The van der Waals surface area contributed by atoms with E-state index in [1.807, 2.05) is 14.2 Å². The summed E-state index contributed by atoms with van der Waals surface area (Å²) in [6.45, 7) is 0.